The van der Waals surface area contributed by atoms with Crippen molar-refractivity contribution in [3.05, 3.63) is 40.8 Å². The summed E-state index contributed by atoms with van der Waals surface area (Å²) >= 11 is 3.40. The molecule has 2 aromatic rings. The smallest absolute Gasteiger partial charge is 0.160 e. The first-order valence-corrected chi connectivity index (χ1v) is 6.94. The normalized spacial score (nSPS) is 10.2. The highest BCUT2D eigenvalue weighted by Gasteiger charge is 2.05. The van der Waals surface area contributed by atoms with Gasteiger partial charge in [-0.2, -0.15) is 0 Å². The molecule has 0 unspecified atom stereocenters. The topological polar surface area (TPSA) is 56.3 Å². The van der Waals surface area contributed by atoms with Crippen molar-refractivity contribution >= 4 is 21.7 Å². The second-order valence-corrected chi connectivity index (χ2v) is 4.94. The molecule has 5 nitrogen and oxygen atoms in total. The van der Waals surface area contributed by atoms with Gasteiger partial charge in [-0.3, -0.25) is 0 Å². The molecule has 0 atom stereocenters. The fraction of sp³-hybridized carbons (Fsp3) is 0.286. The van der Waals surface area contributed by atoms with Gasteiger partial charge in [-0.05, 0) is 40.0 Å². The molecule has 0 bridgehead atoms. The lowest BCUT2D eigenvalue weighted by Gasteiger charge is -2.10. The van der Waals surface area contributed by atoms with Crippen LogP contribution in [0.3, 0.4) is 0 Å². The van der Waals surface area contributed by atoms with E-state index in [9.17, 15) is 0 Å². The van der Waals surface area contributed by atoms with Crippen molar-refractivity contribution in [1.29, 1.82) is 0 Å². The largest absolute Gasteiger partial charge is 0.493 e. The van der Waals surface area contributed by atoms with E-state index in [1.54, 1.807) is 20.4 Å². The Kier molecular flexibility index (Phi) is 5.17. The molecule has 0 radical (unpaired) electrons. The molecule has 0 fully saturated rings. The molecule has 1 aromatic carbocycles. The Morgan fingerprint density at radius 3 is 2.70 bits per heavy atom. The van der Waals surface area contributed by atoms with E-state index < -0.39 is 0 Å². The zero-order valence-corrected chi connectivity index (χ0v) is 13.0. The van der Waals surface area contributed by atoms with Crippen LogP contribution in [0.1, 0.15) is 5.56 Å². The minimum absolute atomic E-state index is 0.739. The van der Waals surface area contributed by atoms with Crippen LogP contribution in [0.5, 0.6) is 11.5 Å². The molecule has 2 rings (SSSR count). The van der Waals surface area contributed by atoms with Crippen LogP contribution in [0.25, 0.3) is 0 Å². The second kappa shape index (κ2) is 7.09. The quantitative estimate of drug-likeness (QED) is 0.878. The van der Waals surface area contributed by atoms with Crippen molar-refractivity contribution in [3.8, 4) is 11.5 Å². The van der Waals surface area contributed by atoms with E-state index in [1.165, 1.54) is 11.9 Å². The highest BCUT2D eigenvalue weighted by atomic mass is 79.9. The number of halogens is 1. The highest BCUT2D eigenvalue weighted by Crippen LogP contribution is 2.27. The van der Waals surface area contributed by atoms with Gasteiger partial charge in [0, 0.05) is 12.7 Å². The number of nitrogens with zero attached hydrogens (tertiary/aromatic N) is 2. The fourth-order valence-corrected chi connectivity index (χ4v) is 2.16. The van der Waals surface area contributed by atoms with Gasteiger partial charge >= 0.3 is 0 Å². The predicted octanol–water partition coefficient (Wildman–Crippen LogP) is 2.91. The Balaban J connectivity index is 1.96. The number of methoxy groups -OCH3 is 2. The summed E-state index contributed by atoms with van der Waals surface area (Å²) < 4.78 is 11.4. The van der Waals surface area contributed by atoms with E-state index in [-0.39, 0.29) is 0 Å². The molecular formula is C14H16BrN3O2. The first-order valence-electron chi connectivity index (χ1n) is 6.15. The Morgan fingerprint density at radius 2 is 2.00 bits per heavy atom. The van der Waals surface area contributed by atoms with Crippen LogP contribution in [-0.4, -0.2) is 30.7 Å². The lowest BCUT2D eigenvalue weighted by molar-refractivity contribution is 0.354. The average molecular weight is 338 g/mol. The summed E-state index contributed by atoms with van der Waals surface area (Å²) in [6, 6.07) is 5.92. The molecule has 1 aromatic heterocycles. The van der Waals surface area contributed by atoms with E-state index in [1.807, 2.05) is 18.2 Å². The third-order valence-corrected chi connectivity index (χ3v) is 3.40. The Labute approximate surface area is 126 Å². The number of rotatable bonds is 6. The first kappa shape index (κ1) is 14.6. The third kappa shape index (κ3) is 3.60. The lowest BCUT2D eigenvalue weighted by atomic mass is 10.1. The molecule has 0 saturated carbocycles. The number of nitrogens with one attached hydrogen (secondary N) is 1. The predicted molar refractivity (Wildman–Crippen MR) is 81.5 cm³/mol. The summed E-state index contributed by atoms with van der Waals surface area (Å²) in [6.07, 6.45) is 4.09. The average Bonchev–Trinajstić information content (AvgIpc) is 2.49. The lowest BCUT2D eigenvalue weighted by Crippen LogP contribution is -2.07. The van der Waals surface area contributed by atoms with Gasteiger partial charge in [0.2, 0.25) is 0 Å². The van der Waals surface area contributed by atoms with Gasteiger partial charge in [-0.15, -0.1) is 0 Å². The SMILES string of the molecule is COc1ccc(CCNc2ncncc2Br)cc1OC. The van der Waals surface area contributed by atoms with Crippen LogP contribution < -0.4 is 14.8 Å². The van der Waals surface area contributed by atoms with Crippen molar-refractivity contribution in [2.45, 2.75) is 6.42 Å². The van der Waals surface area contributed by atoms with Crippen LogP contribution in [0.15, 0.2) is 35.2 Å². The molecule has 106 valence electrons. The van der Waals surface area contributed by atoms with E-state index in [0.717, 1.165) is 34.8 Å². The van der Waals surface area contributed by atoms with Crippen molar-refractivity contribution < 1.29 is 9.47 Å². The molecule has 1 N–H and O–H groups in total. The Morgan fingerprint density at radius 1 is 1.20 bits per heavy atom. The fourth-order valence-electron chi connectivity index (χ4n) is 1.80. The van der Waals surface area contributed by atoms with E-state index in [0.29, 0.717) is 0 Å². The molecule has 0 amide bonds. The standard InChI is InChI=1S/C14H16BrN3O2/c1-19-12-4-3-10(7-13(12)20-2)5-6-17-14-11(15)8-16-9-18-14/h3-4,7-9H,5-6H2,1-2H3,(H,16,17,18). The Hall–Kier alpha value is -1.82. The van der Waals surface area contributed by atoms with Crippen LogP contribution in [0, 0.1) is 0 Å². The van der Waals surface area contributed by atoms with Crippen LogP contribution in [0.4, 0.5) is 5.82 Å². The minimum atomic E-state index is 0.739. The molecule has 0 aliphatic carbocycles. The zero-order valence-electron chi connectivity index (χ0n) is 11.4. The number of ether oxygens (including phenoxy) is 2. The minimum Gasteiger partial charge on any atom is -0.493 e. The van der Waals surface area contributed by atoms with Crippen molar-refractivity contribution in [3.63, 3.8) is 0 Å². The monoisotopic (exact) mass is 337 g/mol. The van der Waals surface area contributed by atoms with Crippen molar-refractivity contribution in [1.82, 2.24) is 9.97 Å². The second-order valence-electron chi connectivity index (χ2n) is 4.09. The van der Waals surface area contributed by atoms with E-state index >= 15 is 0 Å². The van der Waals surface area contributed by atoms with Crippen LogP contribution in [0.2, 0.25) is 0 Å². The summed E-state index contributed by atoms with van der Waals surface area (Å²) in [4.78, 5) is 8.08. The van der Waals surface area contributed by atoms with Gasteiger partial charge < -0.3 is 14.8 Å². The zero-order chi connectivity index (χ0) is 14.4. The molecule has 0 saturated heterocycles. The maximum atomic E-state index is 5.29. The van der Waals surface area contributed by atoms with Crippen molar-refractivity contribution in [2.24, 2.45) is 0 Å². The van der Waals surface area contributed by atoms with Gasteiger partial charge in [0.15, 0.2) is 11.5 Å². The first-order chi connectivity index (χ1) is 9.74. The molecular weight excluding hydrogens is 322 g/mol. The molecule has 6 heteroatoms. The number of benzene rings is 1. The molecule has 20 heavy (non-hydrogen) atoms. The van der Waals surface area contributed by atoms with Gasteiger partial charge in [0.1, 0.15) is 12.1 Å². The van der Waals surface area contributed by atoms with Gasteiger partial charge in [0.05, 0.1) is 18.7 Å². The molecule has 0 aliphatic rings. The maximum absolute atomic E-state index is 5.29. The number of anilines is 1. The summed E-state index contributed by atoms with van der Waals surface area (Å²) in [5, 5.41) is 3.26. The van der Waals surface area contributed by atoms with Gasteiger partial charge in [0.25, 0.3) is 0 Å². The summed E-state index contributed by atoms with van der Waals surface area (Å²) in [5.74, 6) is 2.27. The van der Waals surface area contributed by atoms with Crippen molar-refractivity contribution in [2.75, 3.05) is 26.1 Å². The van der Waals surface area contributed by atoms with E-state index in [4.69, 9.17) is 9.47 Å². The highest BCUT2D eigenvalue weighted by molar-refractivity contribution is 9.10. The van der Waals surface area contributed by atoms with Gasteiger partial charge in [-0.1, -0.05) is 6.07 Å². The van der Waals surface area contributed by atoms with E-state index in [2.05, 4.69) is 31.2 Å². The van der Waals surface area contributed by atoms with Gasteiger partial charge in [-0.25, -0.2) is 9.97 Å². The number of hydrogen-bond donors (Lipinski definition) is 1. The molecule has 1 heterocycles. The molecule has 0 spiro atoms. The summed E-state index contributed by atoms with van der Waals surface area (Å²) in [5.41, 5.74) is 1.17. The van der Waals surface area contributed by atoms with Crippen LogP contribution in [-0.2, 0) is 6.42 Å². The maximum Gasteiger partial charge on any atom is 0.160 e. The number of aromatic nitrogens is 2. The Bertz CT molecular complexity index is 578. The number of hydrogen-bond acceptors (Lipinski definition) is 5. The van der Waals surface area contributed by atoms with Crippen LogP contribution >= 0.6 is 15.9 Å². The summed E-state index contributed by atoms with van der Waals surface area (Å²) in [6.45, 7) is 0.769. The third-order valence-electron chi connectivity index (χ3n) is 2.82. The summed E-state index contributed by atoms with van der Waals surface area (Å²) in [7, 11) is 3.27. The molecule has 0 aliphatic heterocycles.